The van der Waals surface area contributed by atoms with E-state index in [4.69, 9.17) is 11.5 Å². The summed E-state index contributed by atoms with van der Waals surface area (Å²) in [5.41, 5.74) is 15.1. The lowest BCUT2D eigenvalue weighted by Gasteiger charge is -2.26. The summed E-state index contributed by atoms with van der Waals surface area (Å²) in [6.07, 6.45) is 3.48. The molecule has 3 heterocycles. The molecule has 0 amide bonds. The maximum atomic E-state index is 13.9. The van der Waals surface area contributed by atoms with E-state index >= 15 is 0 Å². The highest BCUT2D eigenvalue weighted by Gasteiger charge is 2.17. The molecule has 0 saturated carbocycles. The number of anilines is 2. The highest BCUT2D eigenvalue weighted by molar-refractivity contribution is 5.81. The highest BCUT2D eigenvalue weighted by Crippen LogP contribution is 2.28. The van der Waals surface area contributed by atoms with Gasteiger partial charge in [-0.25, -0.2) is 23.7 Å². The minimum absolute atomic E-state index is 0.0289. The summed E-state index contributed by atoms with van der Waals surface area (Å²) < 4.78 is 54.7. The number of aromatic nitrogens is 5. The van der Waals surface area contributed by atoms with Crippen molar-refractivity contribution in [1.29, 1.82) is 0 Å². The third-order valence-electron chi connectivity index (χ3n) is 5.81. The number of nitrogen functional groups attached to an aromatic ring is 1. The first-order chi connectivity index (χ1) is 17.3. The molecule has 8 nitrogen and oxygen atoms in total. The number of nitrogens with two attached hydrogens (primary N) is 2. The average molecular weight is 501 g/mol. The standard InChI is InChI=1S/C24H24F4N8/c1-14(22(27)28)3-2-6-35(11-29)20-9-31-19(15-4-5-17(25)18(26)7-15)8-16(20)10-36-13-34-21-23(30)32-12-33-24(21)36/h4-5,7-9,12-13H,2-3,6,10-11,29H2,1H3,(H2,30,32,33). The van der Waals surface area contributed by atoms with Crippen molar-refractivity contribution in [2.75, 3.05) is 23.8 Å². The Hall–Kier alpha value is -4.06. The zero-order valence-corrected chi connectivity index (χ0v) is 19.4. The number of fused-ring (bicyclic) bond motifs is 1. The van der Waals surface area contributed by atoms with Crippen LogP contribution in [0.2, 0.25) is 0 Å². The van der Waals surface area contributed by atoms with Crippen molar-refractivity contribution >= 4 is 22.7 Å². The monoisotopic (exact) mass is 500 g/mol. The number of hydrogen-bond donors (Lipinski definition) is 2. The zero-order valence-electron chi connectivity index (χ0n) is 19.4. The summed E-state index contributed by atoms with van der Waals surface area (Å²) in [6, 6.07) is 5.29. The van der Waals surface area contributed by atoms with Gasteiger partial charge in [0.2, 0.25) is 0 Å². The lowest BCUT2D eigenvalue weighted by molar-refractivity contribution is 0.407. The molecule has 36 heavy (non-hydrogen) atoms. The second-order valence-electron chi connectivity index (χ2n) is 8.22. The minimum Gasteiger partial charge on any atom is -0.382 e. The molecule has 188 valence electrons. The fourth-order valence-corrected chi connectivity index (χ4v) is 3.85. The van der Waals surface area contributed by atoms with Gasteiger partial charge in [0.25, 0.3) is 6.08 Å². The molecule has 4 rings (SSSR count). The second-order valence-corrected chi connectivity index (χ2v) is 8.22. The normalized spacial score (nSPS) is 11.2. The fraction of sp³-hybridized carbons (Fsp3) is 0.250. The summed E-state index contributed by atoms with van der Waals surface area (Å²) >= 11 is 0. The minimum atomic E-state index is -1.68. The topological polar surface area (TPSA) is 112 Å². The van der Waals surface area contributed by atoms with E-state index in [0.717, 1.165) is 17.7 Å². The largest absolute Gasteiger partial charge is 0.382 e. The van der Waals surface area contributed by atoms with E-state index in [9.17, 15) is 17.6 Å². The third-order valence-corrected chi connectivity index (χ3v) is 5.81. The molecule has 0 fully saturated rings. The molecule has 0 unspecified atom stereocenters. The SMILES string of the molecule is CC(CCCN(CN)c1cnc(-c2ccc(F)c(F)c2)cc1Cn1cnc2c(N)ncnc21)=C(F)F. The first-order valence-electron chi connectivity index (χ1n) is 11.1. The fourth-order valence-electron chi connectivity index (χ4n) is 3.85. The zero-order chi connectivity index (χ0) is 25.8. The van der Waals surface area contributed by atoms with Gasteiger partial charge in [-0.3, -0.25) is 4.98 Å². The lowest BCUT2D eigenvalue weighted by Crippen LogP contribution is -2.32. The highest BCUT2D eigenvalue weighted by atomic mass is 19.3. The van der Waals surface area contributed by atoms with Crippen molar-refractivity contribution in [2.24, 2.45) is 5.73 Å². The van der Waals surface area contributed by atoms with E-state index < -0.39 is 17.7 Å². The van der Waals surface area contributed by atoms with Crippen LogP contribution in [0, 0.1) is 11.6 Å². The van der Waals surface area contributed by atoms with Crippen LogP contribution in [0.3, 0.4) is 0 Å². The van der Waals surface area contributed by atoms with Crippen LogP contribution in [-0.2, 0) is 6.54 Å². The van der Waals surface area contributed by atoms with Gasteiger partial charge in [0.05, 0.1) is 37.1 Å². The third kappa shape index (κ3) is 5.28. The van der Waals surface area contributed by atoms with Crippen LogP contribution in [-0.4, -0.2) is 37.7 Å². The molecule has 4 N–H and O–H groups in total. The predicted molar refractivity (Wildman–Crippen MR) is 129 cm³/mol. The van der Waals surface area contributed by atoms with Gasteiger partial charge in [0.1, 0.15) is 11.8 Å². The van der Waals surface area contributed by atoms with Crippen molar-refractivity contribution < 1.29 is 17.6 Å². The maximum absolute atomic E-state index is 13.9. The molecule has 0 atom stereocenters. The Kier molecular flexibility index (Phi) is 7.44. The van der Waals surface area contributed by atoms with E-state index in [-0.39, 0.29) is 31.0 Å². The summed E-state index contributed by atoms with van der Waals surface area (Å²) in [5, 5.41) is 0. The van der Waals surface area contributed by atoms with Gasteiger partial charge in [0, 0.05) is 12.1 Å². The molecule has 0 aliphatic heterocycles. The molecular weight excluding hydrogens is 476 g/mol. The van der Waals surface area contributed by atoms with Crippen LogP contribution in [0.5, 0.6) is 0 Å². The Bertz CT molecular complexity index is 1410. The Morgan fingerprint density at radius 1 is 1.06 bits per heavy atom. The summed E-state index contributed by atoms with van der Waals surface area (Å²) in [5.74, 6) is -1.70. The smallest absolute Gasteiger partial charge is 0.269 e. The molecule has 12 heteroatoms. The van der Waals surface area contributed by atoms with Crippen molar-refractivity contribution in [3.63, 3.8) is 0 Å². The molecule has 0 bridgehead atoms. The Morgan fingerprint density at radius 3 is 2.58 bits per heavy atom. The van der Waals surface area contributed by atoms with Crippen LogP contribution >= 0.6 is 0 Å². The van der Waals surface area contributed by atoms with E-state index in [2.05, 4.69) is 19.9 Å². The quantitative estimate of drug-likeness (QED) is 0.258. The summed E-state index contributed by atoms with van der Waals surface area (Å²) in [6.45, 7) is 2.18. The van der Waals surface area contributed by atoms with E-state index in [1.54, 1.807) is 23.2 Å². The van der Waals surface area contributed by atoms with Gasteiger partial charge in [-0.05, 0) is 55.2 Å². The lowest BCUT2D eigenvalue weighted by atomic mass is 10.1. The van der Waals surface area contributed by atoms with Crippen LogP contribution in [0.25, 0.3) is 22.4 Å². The van der Waals surface area contributed by atoms with Crippen molar-refractivity contribution in [2.45, 2.75) is 26.3 Å². The number of benzene rings is 1. The first kappa shape index (κ1) is 25.0. The summed E-state index contributed by atoms with van der Waals surface area (Å²) in [7, 11) is 0. The molecule has 0 aliphatic carbocycles. The Balaban J connectivity index is 1.73. The van der Waals surface area contributed by atoms with Crippen LogP contribution < -0.4 is 16.4 Å². The Morgan fingerprint density at radius 2 is 1.86 bits per heavy atom. The maximum Gasteiger partial charge on any atom is 0.269 e. The number of imidazole rings is 1. The van der Waals surface area contributed by atoms with Crippen molar-refractivity contribution in [3.8, 4) is 11.3 Å². The first-order valence-corrected chi connectivity index (χ1v) is 11.1. The number of nitrogens with zero attached hydrogens (tertiary/aromatic N) is 6. The number of hydrogen-bond acceptors (Lipinski definition) is 7. The number of rotatable bonds is 9. The Labute approximate surface area is 204 Å². The van der Waals surface area contributed by atoms with Crippen LogP contribution in [0.1, 0.15) is 25.3 Å². The number of pyridine rings is 1. The molecule has 0 spiro atoms. The van der Waals surface area contributed by atoms with Gasteiger partial charge in [0.15, 0.2) is 23.1 Å². The van der Waals surface area contributed by atoms with Crippen molar-refractivity contribution in [3.05, 3.63) is 72.0 Å². The van der Waals surface area contributed by atoms with Crippen LogP contribution in [0.4, 0.5) is 29.1 Å². The molecule has 0 radical (unpaired) electrons. The van der Waals surface area contributed by atoms with E-state index in [1.807, 2.05) is 4.90 Å². The second kappa shape index (κ2) is 10.7. The predicted octanol–water partition coefficient (Wildman–Crippen LogP) is 4.47. The summed E-state index contributed by atoms with van der Waals surface area (Å²) in [4.78, 5) is 18.8. The number of halogens is 4. The molecule has 4 aromatic rings. The van der Waals surface area contributed by atoms with E-state index in [0.29, 0.717) is 41.1 Å². The van der Waals surface area contributed by atoms with Crippen LogP contribution in [0.15, 0.2) is 54.8 Å². The van der Waals surface area contributed by atoms with Gasteiger partial charge in [-0.2, -0.15) is 8.78 Å². The van der Waals surface area contributed by atoms with Gasteiger partial charge in [-0.15, -0.1) is 0 Å². The van der Waals surface area contributed by atoms with Gasteiger partial charge in [-0.1, -0.05) is 0 Å². The average Bonchev–Trinajstić information content (AvgIpc) is 3.27. The molecule has 1 aromatic carbocycles. The molecule has 3 aromatic heterocycles. The molecule has 0 saturated heterocycles. The molecule has 0 aliphatic rings. The molecular formula is C24H24F4N8. The van der Waals surface area contributed by atoms with Gasteiger partial charge < -0.3 is 20.9 Å². The number of allylic oxidation sites excluding steroid dienone is 1. The van der Waals surface area contributed by atoms with Gasteiger partial charge >= 0.3 is 0 Å². The van der Waals surface area contributed by atoms with E-state index in [1.165, 1.54) is 19.3 Å². The van der Waals surface area contributed by atoms with Crippen molar-refractivity contribution in [1.82, 2.24) is 24.5 Å².